The predicted molar refractivity (Wildman–Crippen MR) is 64.9 cm³/mol. The highest BCUT2D eigenvalue weighted by molar-refractivity contribution is 5.75. The number of halogens is 2. The van der Waals surface area contributed by atoms with Crippen molar-refractivity contribution in [2.24, 2.45) is 0 Å². The van der Waals surface area contributed by atoms with Crippen LogP contribution in [0.5, 0.6) is 0 Å². The highest BCUT2D eigenvalue weighted by Gasteiger charge is 2.16. The SMILES string of the molecule is CCCCc1onc(N)c1-c1cc(F)cc(F)c1. The van der Waals surface area contributed by atoms with Crippen LogP contribution in [0.25, 0.3) is 11.1 Å². The maximum Gasteiger partial charge on any atom is 0.175 e. The molecule has 2 N–H and O–H groups in total. The van der Waals surface area contributed by atoms with Crippen molar-refractivity contribution in [2.45, 2.75) is 26.2 Å². The van der Waals surface area contributed by atoms with E-state index in [1.165, 1.54) is 12.1 Å². The molecule has 2 rings (SSSR count). The quantitative estimate of drug-likeness (QED) is 0.905. The van der Waals surface area contributed by atoms with E-state index in [4.69, 9.17) is 10.3 Å². The van der Waals surface area contributed by atoms with Crippen LogP contribution in [0.15, 0.2) is 22.7 Å². The number of nitrogens with zero attached hydrogens (tertiary/aromatic N) is 1. The van der Waals surface area contributed by atoms with Gasteiger partial charge in [0.2, 0.25) is 0 Å². The number of anilines is 1. The molecule has 1 heterocycles. The minimum absolute atomic E-state index is 0.158. The smallest absolute Gasteiger partial charge is 0.175 e. The van der Waals surface area contributed by atoms with Crippen LogP contribution in [-0.4, -0.2) is 5.16 Å². The second-order valence-electron chi connectivity index (χ2n) is 4.13. The number of benzene rings is 1. The zero-order valence-electron chi connectivity index (χ0n) is 10.0. The van der Waals surface area contributed by atoms with Gasteiger partial charge in [0, 0.05) is 12.5 Å². The fraction of sp³-hybridized carbons (Fsp3) is 0.308. The van der Waals surface area contributed by atoms with Crippen molar-refractivity contribution in [3.63, 3.8) is 0 Å². The lowest BCUT2D eigenvalue weighted by Crippen LogP contribution is -1.92. The predicted octanol–water partition coefficient (Wildman–Crippen LogP) is 3.54. The lowest BCUT2D eigenvalue weighted by atomic mass is 10.0. The number of nitrogen functional groups attached to an aromatic ring is 1. The summed E-state index contributed by atoms with van der Waals surface area (Å²) in [6.07, 6.45) is 2.53. The van der Waals surface area contributed by atoms with Gasteiger partial charge in [-0.2, -0.15) is 0 Å². The molecule has 0 bridgehead atoms. The Morgan fingerprint density at radius 1 is 1.22 bits per heavy atom. The lowest BCUT2D eigenvalue weighted by Gasteiger charge is -2.03. The van der Waals surface area contributed by atoms with Crippen molar-refractivity contribution < 1.29 is 13.3 Å². The Hall–Kier alpha value is -1.91. The molecule has 96 valence electrons. The average Bonchev–Trinajstić information content (AvgIpc) is 2.66. The molecule has 0 aliphatic carbocycles. The fourth-order valence-electron chi connectivity index (χ4n) is 1.85. The van der Waals surface area contributed by atoms with E-state index in [-0.39, 0.29) is 5.82 Å². The Morgan fingerprint density at radius 3 is 2.50 bits per heavy atom. The summed E-state index contributed by atoms with van der Waals surface area (Å²) in [5.41, 5.74) is 6.54. The second kappa shape index (κ2) is 5.16. The molecule has 0 amide bonds. The Labute approximate surface area is 104 Å². The Balaban J connectivity index is 2.45. The van der Waals surface area contributed by atoms with Crippen molar-refractivity contribution in [3.8, 4) is 11.1 Å². The molecular weight excluding hydrogens is 238 g/mol. The van der Waals surface area contributed by atoms with Crippen LogP contribution in [0.2, 0.25) is 0 Å². The number of nitrogens with two attached hydrogens (primary N) is 1. The van der Waals surface area contributed by atoms with Gasteiger partial charge >= 0.3 is 0 Å². The Morgan fingerprint density at radius 2 is 1.89 bits per heavy atom. The topological polar surface area (TPSA) is 52.0 Å². The van der Waals surface area contributed by atoms with E-state index in [1.54, 1.807) is 0 Å². The van der Waals surface area contributed by atoms with Gasteiger partial charge in [-0.3, -0.25) is 0 Å². The summed E-state index contributed by atoms with van der Waals surface area (Å²) in [7, 11) is 0. The Bertz CT molecular complexity index is 532. The van der Waals surface area contributed by atoms with Gasteiger partial charge in [-0.15, -0.1) is 0 Å². The van der Waals surface area contributed by atoms with Gasteiger partial charge in [0.15, 0.2) is 5.82 Å². The number of rotatable bonds is 4. The summed E-state index contributed by atoms with van der Waals surface area (Å²) < 4.78 is 31.5. The van der Waals surface area contributed by atoms with E-state index in [9.17, 15) is 8.78 Å². The van der Waals surface area contributed by atoms with E-state index in [1.807, 2.05) is 6.92 Å². The third kappa shape index (κ3) is 2.50. The van der Waals surface area contributed by atoms with Crippen molar-refractivity contribution in [3.05, 3.63) is 35.6 Å². The largest absolute Gasteiger partial charge is 0.380 e. The third-order valence-corrected chi connectivity index (χ3v) is 2.70. The summed E-state index contributed by atoms with van der Waals surface area (Å²) in [4.78, 5) is 0. The van der Waals surface area contributed by atoms with Crippen LogP contribution in [0, 0.1) is 11.6 Å². The summed E-state index contributed by atoms with van der Waals surface area (Å²) in [6, 6.07) is 3.27. The van der Waals surface area contributed by atoms with Gasteiger partial charge < -0.3 is 10.3 Å². The van der Waals surface area contributed by atoms with Crippen LogP contribution in [0.1, 0.15) is 25.5 Å². The van der Waals surface area contributed by atoms with E-state index in [2.05, 4.69) is 5.16 Å². The van der Waals surface area contributed by atoms with Crippen LogP contribution in [0.3, 0.4) is 0 Å². The summed E-state index contributed by atoms with van der Waals surface area (Å²) in [5, 5.41) is 3.66. The molecule has 0 saturated heterocycles. The monoisotopic (exact) mass is 252 g/mol. The summed E-state index contributed by atoms with van der Waals surface area (Å²) >= 11 is 0. The van der Waals surface area contributed by atoms with Crippen molar-refractivity contribution in [1.29, 1.82) is 0 Å². The number of hydrogen-bond acceptors (Lipinski definition) is 3. The van der Waals surface area contributed by atoms with E-state index in [0.717, 1.165) is 18.9 Å². The molecule has 0 unspecified atom stereocenters. The molecule has 1 aromatic heterocycles. The molecule has 0 spiro atoms. The van der Waals surface area contributed by atoms with Crippen LogP contribution >= 0.6 is 0 Å². The molecule has 2 aromatic rings. The second-order valence-corrected chi connectivity index (χ2v) is 4.13. The number of hydrogen-bond donors (Lipinski definition) is 1. The molecule has 0 fully saturated rings. The molecule has 0 radical (unpaired) electrons. The van der Waals surface area contributed by atoms with Gasteiger partial charge in [0.05, 0.1) is 5.56 Å². The zero-order chi connectivity index (χ0) is 13.1. The molecule has 3 nitrogen and oxygen atoms in total. The van der Waals surface area contributed by atoms with E-state index >= 15 is 0 Å². The third-order valence-electron chi connectivity index (χ3n) is 2.70. The van der Waals surface area contributed by atoms with Crippen molar-refractivity contribution in [2.75, 3.05) is 5.73 Å². The van der Waals surface area contributed by atoms with Gasteiger partial charge in [-0.05, 0) is 24.1 Å². The average molecular weight is 252 g/mol. The standard InChI is InChI=1S/C13H14F2N2O/c1-2-3-4-11-12(13(16)17-18-11)8-5-9(14)7-10(15)6-8/h5-7H,2-4H2,1H3,(H2,16,17). The maximum atomic E-state index is 13.2. The minimum Gasteiger partial charge on any atom is -0.380 e. The molecule has 0 aliphatic rings. The van der Waals surface area contributed by atoms with Crippen molar-refractivity contribution in [1.82, 2.24) is 5.16 Å². The molecule has 0 saturated carbocycles. The molecule has 0 aliphatic heterocycles. The van der Waals surface area contributed by atoms with Crippen LogP contribution in [0.4, 0.5) is 14.6 Å². The fourth-order valence-corrected chi connectivity index (χ4v) is 1.85. The number of aryl methyl sites for hydroxylation is 1. The first-order chi connectivity index (χ1) is 8.61. The molecular formula is C13H14F2N2O. The van der Waals surface area contributed by atoms with Crippen LogP contribution < -0.4 is 5.73 Å². The first kappa shape index (κ1) is 12.5. The van der Waals surface area contributed by atoms with E-state index in [0.29, 0.717) is 23.3 Å². The van der Waals surface area contributed by atoms with Gasteiger partial charge in [0.25, 0.3) is 0 Å². The number of unbranched alkanes of at least 4 members (excludes halogenated alkanes) is 1. The maximum absolute atomic E-state index is 13.2. The number of aromatic nitrogens is 1. The molecule has 0 atom stereocenters. The van der Waals surface area contributed by atoms with Gasteiger partial charge in [-0.1, -0.05) is 18.5 Å². The van der Waals surface area contributed by atoms with Crippen LogP contribution in [-0.2, 0) is 6.42 Å². The normalized spacial score (nSPS) is 10.8. The molecule has 5 heteroatoms. The summed E-state index contributed by atoms with van der Waals surface area (Å²) in [6.45, 7) is 2.04. The molecule has 18 heavy (non-hydrogen) atoms. The van der Waals surface area contributed by atoms with Crippen molar-refractivity contribution >= 4 is 5.82 Å². The highest BCUT2D eigenvalue weighted by Crippen LogP contribution is 2.31. The van der Waals surface area contributed by atoms with Gasteiger partial charge in [-0.25, -0.2) is 8.78 Å². The first-order valence-corrected chi connectivity index (χ1v) is 5.82. The zero-order valence-corrected chi connectivity index (χ0v) is 10.0. The first-order valence-electron chi connectivity index (χ1n) is 5.82. The molecule has 1 aromatic carbocycles. The minimum atomic E-state index is -0.646. The Kier molecular flexibility index (Phi) is 3.60. The van der Waals surface area contributed by atoms with E-state index < -0.39 is 11.6 Å². The highest BCUT2D eigenvalue weighted by atomic mass is 19.1. The van der Waals surface area contributed by atoms with Gasteiger partial charge in [0.1, 0.15) is 17.4 Å². The summed E-state index contributed by atoms with van der Waals surface area (Å²) in [5.74, 6) is -0.565. The lowest BCUT2D eigenvalue weighted by molar-refractivity contribution is 0.383.